The van der Waals surface area contributed by atoms with E-state index in [4.69, 9.17) is 0 Å². The Hall–Kier alpha value is -0.570. The van der Waals surface area contributed by atoms with Crippen molar-refractivity contribution in [2.75, 3.05) is 13.1 Å². The summed E-state index contributed by atoms with van der Waals surface area (Å²) in [6.45, 7) is 9.38. The van der Waals surface area contributed by atoms with Gasteiger partial charge >= 0.3 is 0 Å². The molecule has 3 nitrogen and oxygen atoms in total. The number of aliphatic hydroxyl groups is 1. The summed E-state index contributed by atoms with van der Waals surface area (Å²) in [5.74, 6) is 1.16. The van der Waals surface area contributed by atoms with Crippen LogP contribution in [0, 0.1) is 11.8 Å². The number of hydrogen-bond acceptors (Lipinski definition) is 2. The van der Waals surface area contributed by atoms with E-state index in [9.17, 15) is 9.90 Å². The molecule has 18 heavy (non-hydrogen) atoms. The molecule has 1 N–H and O–H groups in total. The van der Waals surface area contributed by atoms with Crippen LogP contribution in [-0.4, -0.2) is 34.6 Å². The molecule has 3 heteroatoms. The first-order valence-electron chi connectivity index (χ1n) is 7.37. The predicted molar refractivity (Wildman–Crippen MR) is 74.3 cm³/mol. The van der Waals surface area contributed by atoms with Crippen molar-refractivity contribution in [2.24, 2.45) is 11.8 Å². The Morgan fingerprint density at radius 2 is 1.83 bits per heavy atom. The number of rotatable bonds is 7. The van der Waals surface area contributed by atoms with Crippen molar-refractivity contribution in [3.63, 3.8) is 0 Å². The SMILES string of the molecule is CCC(CCCCC(C)C)C(=O)N1CC(C)(O)C1. The summed E-state index contributed by atoms with van der Waals surface area (Å²) < 4.78 is 0. The van der Waals surface area contributed by atoms with E-state index in [1.807, 2.05) is 0 Å². The average molecular weight is 255 g/mol. The third-order valence-corrected chi connectivity index (χ3v) is 3.80. The lowest BCUT2D eigenvalue weighted by Crippen LogP contribution is -2.62. The molecule has 0 aromatic carbocycles. The molecule has 1 fully saturated rings. The maximum absolute atomic E-state index is 12.2. The highest BCUT2D eigenvalue weighted by molar-refractivity contribution is 5.79. The van der Waals surface area contributed by atoms with Gasteiger partial charge in [0.05, 0.1) is 18.7 Å². The van der Waals surface area contributed by atoms with Crippen LogP contribution in [0.5, 0.6) is 0 Å². The number of hydrogen-bond donors (Lipinski definition) is 1. The quantitative estimate of drug-likeness (QED) is 0.711. The van der Waals surface area contributed by atoms with E-state index in [0.29, 0.717) is 13.1 Å². The number of likely N-dealkylation sites (tertiary alicyclic amines) is 1. The third kappa shape index (κ3) is 4.60. The highest BCUT2D eigenvalue weighted by atomic mass is 16.3. The number of amides is 1. The lowest BCUT2D eigenvalue weighted by atomic mass is 9.91. The zero-order valence-electron chi connectivity index (χ0n) is 12.4. The third-order valence-electron chi connectivity index (χ3n) is 3.80. The Kier molecular flexibility index (Phi) is 5.64. The second kappa shape index (κ2) is 6.55. The monoisotopic (exact) mass is 255 g/mol. The first-order valence-corrected chi connectivity index (χ1v) is 7.37. The van der Waals surface area contributed by atoms with Crippen LogP contribution in [-0.2, 0) is 4.79 Å². The molecule has 1 atom stereocenters. The number of carbonyl (C=O) groups excluding carboxylic acids is 1. The number of nitrogens with zero attached hydrogens (tertiary/aromatic N) is 1. The number of carbonyl (C=O) groups is 1. The van der Waals surface area contributed by atoms with Crippen molar-refractivity contribution in [3.8, 4) is 0 Å². The summed E-state index contributed by atoms with van der Waals surface area (Å²) >= 11 is 0. The number of β-amino-alcohol motifs (C(OH)–C–C–N with tert-alkyl or cyclic N) is 1. The van der Waals surface area contributed by atoms with Crippen LogP contribution in [0.2, 0.25) is 0 Å². The van der Waals surface area contributed by atoms with Crippen LogP contribution in [0.15, 0.2) is 0 Å². The van der Waals surface area contributed by atoms with Gasteiger partial charge in [-0.05, 0) is 25.7 Å². The summed E-state index contributed by atoms with van der Waals surface area (Å²) in [6.07, 6.45) is 5.54. The van der Waals surface area contributed by atoms with Gasteiger partial charge in [-0.2, -0.15) is 0 Å². The molecule has 1 amide bonds. The molecule has 0 saturated carbocycles. The fourth-order valence-electron chi connectivity index (χ4n) is 2.64. The Morgan fingerprint density at radius 3 is 2.28 bits per heavy atom. The maximum Gasteiger partial charge on any atom is 0.225 e. The van der Waals surface area contributed by atoms with Gasteiger partial charge in [0.1, 0.15) is 0 Å². The van der Waals surface area contributed by atoms with Gasteiger partial charge < -0.3 is 10.0 Å². The van der Waals surface area contributed by atoms with E-state index in [-0.39, 0.29) is 11.8 Å². The molecule has 1 aliphatic rings. The summed E-state index contributed by atoms with van der Waals surface area (Å²) in [5, 5.41) is 9.67. The molecule has 1 rings (SSSR count). The Bertz CT molecular complexity index is 266. The van der Waals surface area contributed by atoms with Gasteiger partial charge in [-0.15, -0.1) is 0 Å². The van der Waals surface area contributed by atoms with Gasteiger partial charge in [0, 0.05) is 5.92 Å². The molecule has 1 unspecified atom stereocenters. The van der Waals surface area contributed by atoms with Crippen molar-refractivity contribution in [2.45, 2.75) is 65.4 Å². The maximum atomic E-state index is 12.2. The first-order chi connectivity index (χ1) is 8.35. The van der Waals surface area contributed by atoms with E-state index in [1.165, 1.54) is 12.8 Å². The standard InChI is InChI=1S/C15H29NO2/c1-5-13(9-7-6-8-12(2)3)14(17)16-10-15(4,18)11-16/h12-13,18H,5-11H2,1-4H3. The summed E-state index contributed by atoms with van der Waals surface area (Å²) in [6, 6.07) is 0. The van der Waals surface area contributed by atoms with Crippen molar-refractivity contribution in [1.29, 1.82) is 0 Å². The fourth-order valence-corrected chi connectivity index (χ4v) is 2.64. The topological polar surface area (TPSA) is 40.5 Å². The van der Waals surface area contributed by atoms with Gasteiger partial charge in [0.15, 0.2) is 0 Å². The second-order valence-corrected chi connectivity index (χ2v) is 6.47. The lowest BCUT2D eigenvalue weighted by Gasteiger charge is -2.45. The van der Waals surface area contributed by atoms with Gasteiger partial charge in [-0.3, -0.25) is 4.79 Å². The van der Waals surface area contributed by atoms with E-state index >= 15 is 0 Å². The lowest BCUT2D eigenvalue weighted by molar-refractivity contribution is -0.157. The van der Waals surface area contributed by atoms with Crippen LogP contribution < -0.4 is 0 Å². The summed E-state index contributed by atoms with van der Waals surface area (Å²) in [4.78, 5) is 14.0. The van der Waals surface area contributed by atoms with Crippen molar-refractivity contribution < 1.29 is 9.90 Å². The smallest absolute Gasteiger partial charge is 0.225 e. The summed E-state index contributed by atoms with van der Waals surface area (Å²) in [5.41, 5.74) is -0.647. The molecular formula is C15H29NO2. The molecule has 1 aliphatic heterocycles. The number of unbranched alkanes of at least 4 members (excludes halogenated alkanes) is 1. The largest absolute Gasteiger partial charge is 0.386 e. The highest BCUT2D eigenvalue weighted by Gasteiger charge is 2.40. The molecule has 1 heterocycles. The van der Waals surface area contributed by atoms with E-state index in [0.717, 1.165) is 25.2 Å². The van der Waals surface area contributed by atoms with Gasteiger partial charge in [0.2, 0.25) is 5.91 Å². The minimum Gasteiger partial charge on any atom is -0.386 e. The molecule has 1 saturated heterocycles. The average Bonchev–Trinajstić information content (AvgIpc) is 2.24. The van der Waals surface area contributed by atoms with Crippen LogP contribution >= 0.6 is 0 Å². The Balaban J connectivity index is 2.26. The van der Waals surface area contributed by atoms with Crippen molar-refractivity contribution >= 4 is 5.91 Å². The predicted octanol–water partition coefficient (Wildman–Crippen LogP) is 2.82. The molecule has 0 aromatic rings. The zero-order chi connectivity index (χ0) is 13.8. The molecule has 0 aliphatic carbocycles. The Labute approximate surface area is 112 Å². The van der Waals surface area contributed by atoms with Gasteiger partial charge in [-0.1, -0.05) is 40.0 Å². The second-order valence-electron chi connectivity index (χ2n) is 6.47. The van der Waals surface area contributed by atoms with Crippen LogP contribution in [0.3, 0.4) is 0 Å². The van der Waals surface area contributed by atoms with Crippen molar-refractivity contribution in [1.82, 2.24) is 4.90 Å². The van der Waals surface area contributed by atoms with Crippen LogP contribution in [0.1, 0.15) is 59.8 Å². The minimum atomic E-state index is -0.647. The first kappa shape index (κ1) is 15.5. The normalized spacial score (nSPS) is 19.8. The highest BCUT2D eigenvalue weighted by Crippen LogP contribution is 2.25. The van der Waals surface area contributed by atoms with E-state index in [2.05, 4.69) is 20.8 Å². The molecule has 0 spiro atoms. The molecule has 0 radical (unpaired) electrons. The van der Waals surface area contributed by atoms with Gasteiger partial charge in [0.25, 0.3) is 0 Å². The van der Waals surface area contributed by atoms with E-state index in [1.54, 1.807) is 11.8 Å². The molecular weight excluding hydrogens is 226 g/mol. The zero-order valence-corrected chi connectivity index (χ0v) is 12.4. The molecule has 0 bridgehead atoms. The fraction of sp³-hybridized carbons (Fsp3) is 0.933. The molecule has 106 valence electrons. The van der Waals surface area contributed by atoms with Crippen LogP contribution in [0.4, 0.5) is 0 Å². The van der Waals surface area contributed by atoms with Crippen LogP contribution in [0.25, 0.3) is 0 Å². The van der Waals surface area contributed by atoms with Gasteiger partial charge in [-0.25, -0.2) is 0 Å². The summed E-state index contributed by atoms with van der Waals surface area (Å²) in [7, 11) is 0. The molecule has 0 aromatic heterocycles. The van der Waals surface area contributed by atoms with E-state index < -0.39 is 5.60 Å². The minimum absolute atomic E-state index is 0.160. The Morgan fingerprint density at radius 1 is 1.28 bits per heavy atom. The van der Waals surface area contributed by atoms with Crippen molar-refractivity contribution in [3.05, 3.63) is 0 Å².